The maximum atomic E-state index is 11.5. The zero-order valence-electron chi connectivity index (χ0n) is 20.9. The van der Waals surface area contributed by atoms with E-state index in [4.69, 9.17) is 0 Å². The van der Waals surface area contributed by atoms with Crippen LogP contribution in [0.3, 0.4) is 0 Å². The van der Waals surface area contributed by atoms with Crippen LogP contribution in [0.15, 0.2) is 108 Å². The molecule has 0 saturated heterocycles. The molecule has 1 aliphatic carbocycles. The van der Waals surface area contributed by atoms with E-state index in [0.29, 0.717) is 17.6 Å². The molecule has 0 amide bonds. The summed E-state index contributed by atoms with van der Waals surface area (Å²) in [6.45, 7) is 4.17. The van der Waals surface area contributed by atoms with Gasteiger partial charge in [-0.2, -0.15) is 5.26 Å². The Morgan fingerprint density at radius 3 is 1.97 bits per heavy atom. The summed E-state index contributed by atoms with van der Waals surface area (Å²) in [5, 5.41) is 18.7. The van der Waals surface area contributed by atoms with E-state index >= 15 is 0 Å². The van der Waals surface area contributed by atoms with Gasteiger partial charge in [-0.15, -0.1) is 0 Å². The van der Waals surface area contributed by atoms with Crippen molar-refractivity contribution in [2.45, 2.75) is 26.7 Å². The Kier molecular flexibility index (Phi) is 7.50. The van der Waals surface area contributed by atoms with Crippen LogP contribution >= 0.6 is 0 Å². The van der Waals surface area contributed by atoms with Gasteiger partial charge in [0.25, 0.3) is 0 Å². The minimum Gasteiger partial charge on any atom is -0.477 e. The normalized spacial score (nSPS) is 16.0. The number of para-hydroxylation sites is 1. The van der Waals surface area contributed by atoms with Crippen molar-refractivity contribution in [1.29, 1.82) is 5.26 Å². The lowest BCUT2D eigenvalue weighted by Crippen LogP contribution is -2.19. The van der Waals surface area contributed by atoms with Gasteiger partial charge in [0.2, 0.25) is 0 Å². The number of allylic oxidation sites excluding steroid dienone is 4. The van der Waals surface area contributed by atoms with Crippen LogP contribution in [0.2, 0.25) is 0 Å². The Balaban J connectivity index is 1.63. The highest BCUT2D eigenvalue weighted by molar-refractivity contribution is 5.92. The zero-order chi connectivity index (χ0) is 26.4. The second-order valence-corrected chi connectivity index (χ2v) is 9.86. The van der Waals surface area contributed by atoms with E-state index in [-0.39, 0.29) is 11.0 Å². The number of carboxylic acid groups (broad SMARTS) is 1. The minimum atomic E-state index is -1.19. The molecule has 0 aromatic heterocycles. The highest BCUT2D eigenvalue weighted by atomic mass is 16.4. The zero-order valence-corrected chi connectivity index (χ0v) is 20.9. The number of carboxylic acids is 1. The average molecular weight is 489 g/mol. The van der Waals surface area contributed by atoms with Gasteiger partial charge in [-0.3, -0.25) is 4.79 Å². The predicted molar refractivity (Wildman–Crippen MR) is 147 cm³/mol. The van der Waals surface area contributed by atoms with E-state index in [1.165, 1.54) is 0 Å². The first-order valence-electron chi connectivity index (χ1n) is 12.1. The number of carbonyl (C=O) groups is 2. The van der Waals surface area contributed by atoms with Gasteiger partial charge < -0.3 is 10.0 Å². The number of rotatable bonds is 7. The van der Waals surface area contributed by atoms with E-state index in [0.717, 1.165) is 40.9 Å². The van der Waals surface area contributed by atoms with Crippen LogP contribution in [0.5, 0.6) is 0 Å². The Bertz CT molecular complexity index is 1420. The highest BCUT2D eigenvalue weighted by Gasteiger charge is 2.28. The van der Waals surface area contributed by atoms with Crippen LogP contribution in [-0.2, 0) is 4.79 Å². The first kappa shape index (κ1) is 25.4. The average Bonchev–Trinajstić information content (AvgIpc) is 2.89. The molecule has 0 radical (unpaired) electrons. The van der Waals surface area contributed by atoms with Gasteiger partial charge in [-0.05, 0) is 83.5 Å². The number of benzene rings is 3. The van der Waals surface area contributed by atoms with Crippen LogP contribution in [0.4, 0.5) is 17.1 Å². The van der Waals surface area contributed by atoms with Crippen molar-refractivity contribution in [2.75, 3.05) is 4.90 Å². The monoisotopic (exact) mass is 488 g/mol. The molecule has 3 aromatic rings. The van der Waals surface area contributed by atoms with E-state index < -0.39 is 5.97 Å². The maximum Gasteiger partial charge on any atom is 0.346 e. The molecule has 0 bridgehead atoms. The van der Waals surface area contributed by atoms with E-state index in [9.17, 15) is 20.0 Å². The lowest BCUT2D eigenvalue weighted by atomic mass is 9.74. The molecule has 5 nitrogen and oxygen atoms in total. The smallest absolute Gasteiger partial charge is 0.346 e. The van der Waals surface area contributed by atoms with Gasteiger partial charge in [0.1, 0.15) is 17.9 Å². The molecule has 3 aromatic carbocycles. The van der Waals surface area contributed by atoms with E-state index in [1.54, 1.807) is 12.1 Å². The Morgan fingerprint density at radius 1 is 0.865 bits per heavy atom. The van der Waals surface area contributed by atoms with Crippen molar-refractivity contribution in [1.82, 2.24) is 0 Å². The van der Waals surface area contributed by atoms with Gasteiger partial charge in [-0.1, -0.05) is 62.4 Å². The summed E-state index contributed by atoms with van der Waals surface area (Å²) < 4.78 is 0. The number of aliphatic carboxylic acids is 1. The topological polar surface area (TPSA) is 81.4 Å². The summed E-state index contributed by atoms with van der Waals surface area (Å²) in [5.74, 6) is -1.19. The summed E-state index contributed by atoms with van der Waals surface area (Å²) in [6, 6.07) is 27.5. The van der Waals surface area contributed by atoms with Crippen LogP contribution in [0, 0.1) is 16.7 Å². The van der Waals surface area contributed by atoms with Crippen molar-refractivity contribution in [2.24, 2.45) is 5.41 Å². The molecule has 0 heterocycles. The fraction of sp³-hybridized carbons (Fsp3) is 0.156. The van der Waals surface area contributed by atoms with Gasteiger partial charge in [0.05, 0.1) is 0 Å². The van der Waals surface area contributed by atoms with Crippen molar-refractivity contribution in [3.05, 3.63) is 119 Å². The second-order valence-electron chi connectivity index (χ2n) is 9.86. The van der Waals surface area contributed by atoms with Gasteiger partial charge >= 0.3 is 5.97 Å². The van der Waals surface area contributed by atoms with Gasteiger partial charge in [0.15, 0.2) is 0 Å². The number of hydrogen-bond donors (Lipinski definition) is 1. The quantitative estimate of drug-likeness (QED) is 0.210. The summed E-state index contributed by atoms with van der Waals surface area (Å²) in [5.41, 5.74) is 5.79. The molecule has 0 atom stereocenters. The van der Waals surface area contributed by atoms with Crippen LogP contribution in [0.25, 0.3) is 6.08 Å². The van der Waals surface area contributed by atoms with Crippen molar-refractivity contribution in [3.8, 4) is 6.07 Å². The third-order valence-electron chi connectivity index (χ3n) is 6.30. The molecule has 0 spiro atoms. The largest absolute Gasteiger partial charge is 0.477 e. The summed E-state index contributed by atoms with van der Waals surface area (Å²) in [4.78, 5) is 24.7. The molecular weight excluding hydrogens is 460 g/mol. The molecule has 4 rings (SSSR count). The number of hydrogen-bond acceptors (Lipinski definition) is 4. The second kappa shape index (κ2) is 10.9. The Morgan fingerprint density at radius 2 is 1.43 bits per heavy atom. The molecule has 1 N–H and O–H groups in total. The third kappa shape index (κ3) is 6.12. The van der Waals surface area contributed by atoms with Crippen LogP contribution < -0.4 is 4.90 Å². The first-order valence-corrected chi connectivity index (χ1v) is 12.1. The molecule has 1 aliphatic rings. The van der Waals surface area contributed by atoms with Gasteiger partial charge in [-0.25, -0.2) is 4.79 Å². The summed E-state index contributed by atoms with van der Waals surface area (Å²) in [7, 11) is 0. The minimum absolute atomic E-state index is 0.138. The summed E-state index contributed by atoms with van der Waals surface area (Å²) >= 11 is 0. The molecule has 0 fully saturated rings. The number of nitrogens with zero attached hydrogens (tertiary/aromatic N) is 2. The highest BCUT2D eigenvalue weighted by Crippen LogP contribution is 2.40. The number of anilines is 3. The van der Waals surface area contributed by atoms with Crippen LogP contribution in [-0.4, -0.2) is 17.4 Å². The van der Waals surface area contributed by atoms with Gasteiger partial charge in [0, 0.05) is 22.6 Å². The van der Waals surface area contributed by atoms with E-state index in [2.05, 4.69) is 18.7 Å². The molecule has 5 heteroatoms. The third-order valence-corrected chi connectivity index (χ3v) is 6.30. The lowest BCUT2D eigenvalue weighted by molar-refractivity contribution is -0.132. The Labute approximate surface area is 217 Å². The number of nitriles is 1. The van der Waals surface area contributed by atoms with Crippen molar-refractivity contribution in [3.63, 3.8) is 0 Å². The number of aldehydes is 1. The number of carbonyl (C=O) groups excluding carboxylic acids is 1. The standard InChI is InChI=1S/C32H28N2O3/c1-32(2)19-25(18-26(20-32)30(21-33)31(36)37)9-8-23-10-14-28(15-11-23)34(27-6-4-3-5-7-27)29-16-12-24(22-35)13-17-29/h3-18,22H,19-20H2,1-2H3,(H,36,37)/b9-8+,30-26-. The molecular formula is C32H28N2O3. The molecule has 0 unspecified atom stereocenters. The van der Waals surface area contributed by atoms with E-state index in [1.807, 2.05) is 91.0 Å². The fourth-order valence-electron chi connectivity index (χ4n) is 4.65. The SMILES string of the molecule is CC1(C)CC(/C=C/c2ccc(N(c3ccccc3)c3ccc(C=O)cc3)cc2)=CC(=C(\C#N)C(=O)O)/C1. The lowest BCUT2D eigenvalue weighted by Gasteiger charge is -2.30. The maximum absolute atomic E-state index is 11.5. The first-order chi connectivity index (χ1) is 17.8. The molecule has 0 saturated carbocycles. The summed E-state index contributed by atoms with van der Waals surface area (Å²) in [6.07, 6.45) is 8.03. The van der Waals surface area contributed by atoms with Crippen molar-refractivity contribution < 1.29 is 14.7 Å². The molecule has 0 aliphatic heterocycles. The molecule has 37 heavy (non-hydrogen) atoms. The van der Waals surface area contributed by atoms with Crippen LogP contribution in [0.1, 0.15) is 42.6 Å². The predicted octanol–water partition coefficient (Wildman–Crippen LogP) is 7.63. The molecule has 184 valence electrons. The van der Waals surface area contributed by atoms with Crippen molar-refractivity contribution >= 4 is 35.4 Å². The Hall–Kier alpha value is -4.69. The fourth-order valence-corrected chi connectivity index (χ4v) is 4.65.